The van der Waals surface area contributed by atoms with Crippen molar-refractivity contribution in [3.8, 4) is 0 Å². The van der Waals surface area contributed by atoms with Crippen molar-refractivity contribution in [1.82, 2.24) is 14.7 Å². The highest BCUT2D eigenvalue weighted by molar-refractivity contribution is 5.51. The molecular weight excluding hydrogens is 212 g/mol. The molecule has 2 rings (SSSR count). The van der Waals surface area contributed by atoms with Gasteiger partial charge in [-0.2, -0.15) is 0 Å². The molecule has 0 aliphatic rings. The van der Waals surface area contributed by atoms with Gasteiger partial charge in [0.05, 0.1) is 0 Å². The normalized spacial score (nSPS) is 11.3. The van der Waals surface area contributed by atoms with Crippen molar-refractivity contribution in [2.75, 3.05) is 25.0 Å². The first-order chi connectivity index (χ1) is 8.18. The second-order valence-electron chi connectivity index (χ2n) is 4.57. The van der Waals surface area contributed by atoms with Crippen LogP contribution in [0.2, 0.25) is 0 Å². The predicted molar refractivity (Wildman–Crippen MR) is 71.6 cm³/mol. The Morgan fingerprint density at radius 3 is 3.00 bits per heavy atom. The minimum Gasteiger partial charge on any atom is -0.359 e. The van der Waals surface area contributed by atoms with Gasteiger partial charge in [0.2, 0.25) is 0 Å². The molecule has 0 amide bonds. The summed E-state index contributed by atoms with van der Waals surface area (Å²) in [6, 6.07) is 6.71. The van der Waals surface area contributed by atoms with Gasteiger partial charge in [-0.25, -0.2) is 4.98 Å². The van der Waals surface area contributed by atoms with E-state index in [1.54, 1.807) is 0 Å². The number of rotatable bonds is 5. The molecule has 0 bridgehead atoms. The summed E-state index contributed by atoms with van der Waals surface area (Å²) in [6.07, 6.45) is 3.83. The SMILES string of the molecule is CC(C)NCCN(C)c1cccc2nccn12. The van der Waals surface area contributed by atoms with Crippen LogP contribution in [-0.4, -0.2) is 35.6 Å². The van der Waals surface area contributed by atoms with Crippen molar-refractivity contribution in [1.29, 1.82) is 0 Å². The van der Waals surface area contributed by atoms with E-state index in [4.69, 9.17) is 0 Å². The lowest BCUT2D eigenvalue weighted by atomic mass is 10.3. The number of fused-ring (bicyclic) bond motifs is 1. The molecular formula is C13H20N4. The van der Waals surface area contributed by atoms with Crippen molar-refractivity contribution in [2.45, 2.75) is 19.9 Å². The van der Waals surface area contributed by atoms with E-state index < -0.39 is 0 Å². The van der Waals surface area contributed by atoms with Gasteiger partial charge in [-0.05, 0) is 12.1 Å². The Morgan fingerprint density at radius 2 is 2.24 bits per heavy atom. The molecule has 2 heterocycles. The molecule has 0 aliphatic carbocycles. The van der Waals surface area contributed by atoms with Crippen molar-refractivity contribution in [2.24, 2.45) is 0 Å². The Labute approximate surface area is 102 Å². The molecule has 4 heteroatoms. The van der Waals surface area contributed by atoms with Gasteiger partial charge in [0.15, 0.2) is 0 Å². The first-order valence-electron chi connectivity index (χ1n) is 6.05. The van der Waals surface area contributed by atoms with Gasteiger partial charge in [0.25, 0.3) is 0 Å². The summed E-state index contributed by atoms with van der Waals surface area (Å²) in [6.45, 7) is 6.29. The molecule has 0 spiro atoms. The Kier molecular flexibility index (Phi) is 3.64. The van der Waals surface area contributed by atoms with Crippen LogP contribution in [0.3, 0.4) is 0 Å². The molecule has 0 aliphatic heterocycles. The van der Waals surface area contributed by atoms with E-state index in [9.17, 15) is 0 Å². The number of imidazole rings is 1. The number of hydrogen-bond donors (Lipinski definition) is 1. The van der Waals surface area contributed by atoms with E-state index in [-0.39, 0.29) is 0 Å². The Balaban J connectivity index is 2.08. The number of aromatic nitrogens is 2. The fourth-order valence-corrected chi connectivity index (χ4v) is 1.88. The quantitative estimate of drug-likeness (QED) is 0.852. The highest BCUT2D eigenvalue weighted by Gasteiger charge is 2.05. The average molecular weight is 232 g/mol. The Morgan fingerprint density at radius 1 is 1.41 bits per heavy atom. The topological polar surface area (TPSA) is 32.6 Å². The van der Waals surface area contributed by atoms with Gasteiger partial charge < -0.3 is 10.2 Å². The van der Waals surface area contributed by atoms with Crippen LogP contribution >= 0.6 is 0 Å². The van der Waals surface area contributed by atoms with Crippen LogP contribution in [0.25, 0.3) is 5.65 Å². The summed E-state index contributed by atoms with van der Waals surface area (Å²) >= 11 is 0. The zero-order chi connectivity index (χ0) is 12.3. The second-order valence-corrected chi connectivity index (χ2v) is 4.57. The van der Waals surface area contributed by atoms with Gasteiger partial charge in [-0.3, -0.25) is 4.40 Å². The number of pyridine rings is 1. The maximum atomic E-state index is 4.29. The van der Waals surface area contributed by atoms with Crippen LogP contribution in [0.4, 0.5) is 5.82 Å². The molecule has 1 N–H and O–H groups in total. The number of likely N-dealkylation sites (N-methyl/N-ethyl adjacent to an activating group) is 1. The fraction of sp³-hybridized carbons (Fsp3) is 0.462. The highest BCUT2D eigenvalue weighted by atomic mass is 15.2. The maximum absolute atomic E-state index is 4.29. The first-order valence-corrected chi connectivity index (χ1v) is 6.05. The monoisotopic (exact) mass is 232 g/mol. The van der Waals surface area contributed by atoms with Gasteiger partial charge in [-0.1, -0.05) is 19.9 Å². The summed E-state index contributed by atoms with van der Waals surface area (Å²) in [5, 5.41) is 3.42. The van der Waals surface area contributed by atoms with Crippen LogP contribution in [0, 0.1) is 0 Å². The van der Waals surface area contributed by atoms with E-state index in [1.165, 1.54) is 5.82 Å². The average Bonchev–Trinajstić information content (AvgIpc) is 2.75. The van der Waals surface area contributed by atoms with Crippen molar-refractivity contribution >= 4 is 11.5 Å². The molecule has 17 heavy (non-hydrogen) atoms. The van der Waals surface area contributed by atoms with Crippen LogP contribution in [-0.2, 0) is 0 Å². The molecule has 0 atom stereocenters. The van der Waals surface area contributed by atoms with Crippen molar-refractivity contribution < 1.29 is 0 Å². The Bertz CT molecular complexity index is 475. The van der Waals surface area contributed by atoms with E-state index in [2.05, 4.69) is 46.6 Å². The molecule has 92 valence electrons. The molecule has 2 aromatic heterocycles. The minimum absolute atomic E-state index is 0.535. The standard InChI is InChI=1S/C13H20N4/c1-11(2)14-7-9-16(3)13-6-4-5-12-15-8-10-17(12)13/h4-6,8,10-11,14H,7,9H2,1-3H3. The smallest absolute Gasteiger partial charge is 0.138 e. The van der Waals surface area contributed by atoms with E-state index in [0.717, 1.165) is 18.7 Å². The van der Waals surface area contributed by atoms with Crippen molar-refractivity contribution in [3.05, 3.63) is 30.6 Å². The molecule has 2 aromatic rings. The third kappa shape index (κ3) is 2.77. The zero-order valence-corrected chi connectivity index (χ0v) is 10.7. The zero-order valence-electron chi connectivity index (χ0n) is 10.7. The summed E-state index contributed by atoms with van der Waals surface area (Å²) in [4.78, 5) is 6.53. The minimum atomic E-state index is 0.535. The van der Waals surface area contributed by atoms with Crippen molar-refractivity contribution in [3.63, 3.8) is 0 Å². The van der Waals surface area contributed by atoms with Crippen LogP contribution in [0.1, 0.15) is 13.8 Å². The van der Waals surface area contributed by atoms with Crippen LogP contribution in [0.15, 0.2) is 30.6 Å². The predicted octanol–water partition coefficient (Wildman–Crippen LogP) is 1.77. The highest BCUT2D eigenvalue weighted by Crippen LogP contribution is 2.14. The fourth-order valence-electron chi connectivity index (χ4n) is 1.88. The summed E-state index contributed by atoms with van der Waals surface area (Å²) in [7, 11) is 2.11. The summed E-state index contributed by atoms with van der Waals surface area (Å²) in [5.74, 6) is 1.17. The number of nitrogens with one attached hydrogen (secondary N) is 1. The van der Waals surface area contributed by atoms with Gasteiger partial charge >= 0.3 is 0 Å². The van der Waals surface area contributed by atoms with Crippen LogP contribution < -0.4 is 10.2 Å². The van der Waals surface area contributed by atoms with E-state index in [1.807, 2.05) is 24.5 Å². The van der Waals surface area contributed by atoms with Gasteiger partial charge in [-0.15, -0.1) is 0 Å². The van der Waals surface area contributed by atoms with Gasteiger partial charge in [0, 0.05) is 38.6 Å². The second kappa shape index (κ2) is 5.19. The lowest BCUT2D eigenvalue weighted by molar-refractivity contribution is 0.588. The summed E-state index contributed by atoms with van der Waals surface area (Å²) < 4.78 is 2.11. The molecule has 0 radical (unpaired) electrons. The third-order valence-electron chi connectivity index (χ3n) is 2.80. The maximum Gasteiger partial charge on any atom is 0.138 e. The largest absolute Gasteiger partial charge is 0.359 e. The lowest BCUT2D eigenvalue weighted by Crippen LogP contribution is -2.33. The lowest BCUT2D eigenvalue weighted by Gasteiger charge is -2.21. The molecule has 4 nitrogen and oxygen atoms in total. The molecule has 0 aromatic carbocycles. The number of anilines is 1. The third-order valence-corrected chi connectivity index (χ3v) is 2.80. The Hall–Kier alpha value is -1.55. The number of hydrogen-bond acceptors (Lipinski definition) is 3. The van der Waals surface area contributed by atoms with Crippen LogP contribution in [0.5, 0.6) is 0 Å². The summed E-state index contributed by atoms with van der Waals surface area (Å²) in [5.41, 5.74) is 0.992. The van der Waals surface area contributed by atoms with E-state index >= 15 is 0 Å². The molecule has 0 saturated carbocycles. The molecule has 0 unspecified atom stereocenters. The number of nitrogens with zero attached hydrogens (tertiary/aromatic N) is 3. The molecule has 0 saturated heterocycles. The molecule has 0 fully saturated rings. The first kappa shape index (κ1) is 11.9. The van der Waals surface area contributed by atoms with Gasteiger partial charge in [0.1, 0.15) is 11.5 Å². The van der Waals surface area contributed by atoms with E-state index in [0.29, 0.717) is 6.04 Å².